The Morgan fingerprint density at radius 2 is 2.29 bits per heavy atom. The van der Waals surface area contributed by atoms with Gasteiger partial charge in [0.25, 0.3) is 5.91 Å². The van der Waals surface area contributed by atoms with E-state index in [0.717, 1.165) is 24.8 Å². The molecule has 0 saturated carbocycles. The van der Waals surface area contributed by atoms with Crippen LogP contribution in [0.3, 0.4) is 0 Å². The smallest absolute Gasteiger partial charge is 0.261 e. The second-order valence-electron chi connectivity index (χ2n) is 3.61. The molecule has 2 rings (SSSR count). The van der Waals surface area contributed by atoms with E-state index in [2.05, 4.69) is 26.2 Å². The summed E-state index contributed by atoms with van der Waals surface area (Å²) >= 11 is 6.44. The maximum atomic E-state index is 11.9. The van der Waals surface area contributed by atoms with Crippen LogP contribution >= 0.6 is 38.6 Å². The number of carbonyl (C=O) groups is 1. The zero-order valence-corrected chi connectivity index (χ0v) is 12.6. The van der Waals surface area contributed by atoms with Crippen LogP contribution in [0.1, 0.15) is 25.8 Å². The van der Waals surface area contributed by atoms with Crippen molar-refractivity contribution < 1.29 is 4.79 Å². The molecule has 17 heavy (non-hydrogen) atoms. The van der Waals surface area contributed by atoms with Gasteiger partial charge in [0, 0.05) is 4.88 Å². The average Bonchev–Trinajstić information content (AvgIpc) is 2.83. The number of nitrogens with one attached hydrogen (secondary N) is 1. The third-order valence-electron chi connectivity index (χ3n) is 2.34. The Kier molecular flexibility index (Phi) is 3.96. The Hall–Kier alpha value is -0.720. The van der Waals surface area contributed by atoms with Crippen molar-refractivity contribution in [2.45, 2.75) is 20.4 Å². The Morgan fingerprint density at radius 3 is 2.82 bits per heavy atom. The summed E-state index contributed by atoms with van der Waals surface area (Å²) in [6.07, 6.45) is 0. The fraction of sp³-hybridized carbons (Fsp3) is 0.273. The molecular formula is C11H11BrN2OS2. The van der Waals surface area contributed by atoms with Gasteiger partial charge < -0.3 is 5.32 Å². The molecule has 1 amide bonds. The molecule has 6 heteroatoms. The SMILES string of the molecule is Cc1cc(C(=O)NCc2scnc2C)sc1Br. The summed E-state index contributed by atoms with van der Waals surface area (Å²) in [5.74, 6) is -0.0309. The first-order valence-corrected chi connectivity index (χ1v) is 7.50. The molecule has 3 nitrogen and oxygen atoms in total. The highest BCUT2D eigenvalue weighted by Gasteiger charge is 2.11. The molecule has 90 valence electrons. The van der Waals surface area contributed by atoms with E-state index in [4.69, 9.17) is 0 Å². The van der Waals surface area contributed by atoms with Crippen LogP contribution in [-0.4, -0.2) is 10.9 Å². The minimum atomic E-state index is -0.0309. The summed E-state index contributed by atoms with van der Waals surface area (Å²) in [7, 11) is 0. The molecule has 0 aliphatic heterocycles. The van der Waals surface area contributed by atoms with Gasteiger partial charge in [-0.1, -0.05) is 0 Å². The molecule has 0 radical (unpaired) electrons. The van der Waals surface area contributed by atoms with E-state index < -0.39 is 0 Å². The summed E-state index contributed by atoms with van der Waals surface area (Å²) in [5, 5.41) is 2.90. The minimum Gasteiger partial charge on any atom is -0.346 e. The van der Waals surface area contributed by atoms with Gasteiger partial charge in [0.15, 0.2) is 0 Å². The molecule has 0 spiro atoms. The highest BCUT2D eigenvalue weighted by Crippen LogP contribution is 2.27. The number of thiazole rings is 1. The van der Waals surface area contributed by atoms with Crippen LogP contribution in [0.5, 0.6) is 0 Å². The van der Waals surface area contributed by atoms with Gasteiger partial charge in [-0.25, -0.2) is 4.98 Å². The number of aryl methyl sites for hydroxylation is 2. The van der Waals surface area contributed by atoms with Gasteiger partial charge in [0.2, 0.25) is 0 Å². The Bertz CT molecular complexity index is 528. The van der Waals surface area contributed by atoms with Crippen molar-refractivity contribution in [1.29, 1.82) is 0 Å². The monoisotopic (exact) mass is 330 g/mol. The van der Waals surface area contributed by atoms with Crippen LogP contribution in [0.25, 0.3) is 0 Å². The number of hydrogen-bond acceptors (Lipinski definition) is 4. The summed E-state index contributed by atoms with van der Waals surface area (Å²) in [6.45, 7) is 4.47. The molecule has 0 aliphatic rings. The fourth-order valence-corrected chi connectivity index (χ4v) is 3.48. The first-order chi connectivity index (χ1) is 8.08. The number of hydrogen-bond donors (Lipinski definition) is 1. The molecule has 0 atom stereocenters. The van der Waals surface area contributed by atoms with E-state index in [0.29, 0.717) is 6.54 Å². The second-order valence-corrected chi connectivity index (χ2v) is 6.92. The van der Waals surface area contributed by atoms with Gasteiger partial charge in [-0.3, -0.25) is 4.79 Å². The normalized spacial score (nSPS) is 10.5. The van der Waals surface area contributed by atoms with Crippen molar-refractivity contribution >= 4 is 44.5 Å². The number of amides is 1. The Morgan fingerprint density at radius 1 is 1.53 bits per heavy atom. The van der Waals surface area contributed by atoms with Crippen molar-refractivity contribution in [1.82, 2.24) is 10.3 Å². The standard InChI is InChI=1S/C11H11BrN2OS2/c1-6-3-8(17-10(6)12)11(15)13-4-9-7(2)14-5-16-9/h3,5H,4H2,1-2H3,(H,13,15). The molecule has 1 N–H and O–H groups in total. The van der Waals surface area contributed by atoms with Crippen LogP contribution in [0.15, 0.2) is 15.4 Å². The number of nitrogens with zero attached hydrogens (tertiary/aromatic N) is 1. The predicted octanol–water partition coefficient (Wildman–Crippen LogP) is 3.51. The van der Waals surface area contributed by atoms with Gasteiger partial charge in [-0.15, -0.1) is 22.7 Å². The maximum Gasteiger partial charge on any atom is 0.261 e. The molecule has 2 aromatic heterocycles. The summed E-state index contributed by atoms with van der Waals surface area (Å²) in [4.78, 5) is 17.9. The molecule has 0 aromatic carbocycles. The number of carbonyl (C=O) groups excluding carboxylic acids is 1. The predicted molar refractivity (Wildman–Crippen MR) is 74.8 cm³/mol. The minimum absolute atomic E-state index is 0.0309. The number of aromatic nitrogens is 1. The first-order valence-electron chi connectivity index (χ1n) is 5.01. The van der Waals surface area contributed by atoms with E-state index in [1.54, 1.807) is 16.8 Å². The number of rotatable bonds is 3. The van der Waals surface area contributed by atoms with E-state index in [1.165, 1.54) is 11.3 Å². The highest BCUT2D eigenvalue weighted by atomic mass is 79.9. The average molecular weight is 331 g/mol. The zero-order chi connectivity index (χ0) is 12.4. The topological polar surface area (TPSA) is 42.0 Å². The second kappa shape index (κ2) is 5.29. The van der Waals surface area contributed by atoms with Gasteiger partial charge in [0.05, 0.1) is 26.4 Å². The van der Waals surface area contributed by atoms with E-state index in [-0.39, 0.29) is 5.91 Å². The largest absolute Gasteiger partial charge is 0.346 e. The van der Waals surface area contributed by atoms with Crippen LogP contribution in [0, 0.1) is 13.8 Å². The van der Waals surface area contributed by atoms with Gasteiger partial charge in [0.1, 0.15) is 0 Å². The summed E-state index contributed by atoms with van der Waals surface area (Å²) in [6, 6.07) is 1.89. The summed E-state index contributed by atoms with van der Waals surface area (Å²) < 4.78 is 1.01. The number of halogens is 1. The van der Waals surface area contributed by atoms with E-state index >= 15 is 0 Å². The van der Waals surface area contributed by atoms with Crippen LogP contribution in [0.2, 0.25) is 0 Å². The van der Waals surface area contributed by atoms with E-state index in [1.807, 2.05) is 19.9 Å². The Labute approximate surface area is 116 Å². The lowest BCUT2D eigenvalue weighted by Gasteiger charge is -2.01. The van der Waals surface area contributed by atoms with Gasteiger partial charge in [-0.05, 0) is 41.4 Å². The lowest BCUT2D eigenvalue weighted by molar-refractivity contribution is 0.0955. The molecular weight excluding hydrogens is 320 g/mol. The number of thiophene rings is 1. The molecule has 0 aliphatic carbocycles. The van der Waals surface area contributed by atoms with Crippen LogP contribution < -0.4 is 5.32 Å². The van der Waals surface area contributed by atoms with Crippen LogP contribution in [-0.2, 0) is 6.54 Å². The molecule has 0 fully saturated rings. The van der Waals surface area contributed by atoms with Crippen molar-refractivity contribution in [2.24, 2.45) is 0 Å². The third-order valence-corrected chi connectivity index (χ3v) is 5.41. The van der Waals surface area contributed by atoms with Crippen molar-refractivity contribution in [2.75, 3.05) is 0 Å². The quantitative estimate of drug-likeness (QED) is 0.935. The van der Waals surface area contributed by atoms with Crippen molar-refractivity contribution in [3.63, 3.8) is 0 Å². The maximum absolute atomic E-state index is 11.9. The third kappa shape index (κ3) is 2.94. The van der Waals surface area contributed by atoms with Gasteiger partial charge >= 0.3 is 0 Å². The lowest BCUT2D eigenvalue weighted by Crippen LogP contribution is -2.21. The first kappa shape index (κ1) is 12.7. The highest BCUT2D eigenvalue weighted by molar-refractivity contribution is 9.11. The zero-order valence-electron chi connectivity index (χ0n) is 9.41. The van der Waals surface area contributed by atoms with Crippen molar-refractivity contribution in [3.8, 4) is 0 Å². The summed E-state index contributed by atoms with van der Waals surface area (Å²) in [5.41, 5.74) is 3.87. The molecule has 2 heterocycles. The van der Waals surface area contributed by atoms with Gasteiger partial charge in [-0.2, -0.15) is 0 Å². The Balaban J connectivity index is 2.00. The molecule has 0 bridgehead atoms. The fourth-order valence-electron chi connectivity index (χ4n) is 1.32. The van der Waals surface area contributed by atoms with Crippen LogP contribution in [0.4, 0.5) is 0 Å². The van der Waals surface area contributed by atoms with Crippen molar-refractivity contribution in [3.05, 3.63) is 36.4 Å². The molecule has 0 unspecified atom stereocenters. The lowest BCUT2D eigenvalue weighted by atomic mass is 10.3. The van der Waals surface area contributed by atoms with E-state index in [9.17, 15) is 4.79 Å². The molecule has 0 saturated heterocycles. The molecule has 2 aromatic rings.